The number of hydrogen-bond acceptors (Lipinski definition) is 4. The van der Waals surface area contributed by atoms with Crippen LogP contribution >= 0.6 is 0 Å². The van der Waals surface area contributed by atoms with Gasteiger partial charge >= 0.3 is 5.69 Å². The second-order valence-electron chi connectivity index (χ2n) is 6.36. The van der Waals surface area contributed by atoms with Crippen LogP contribution in [-0.4, -0.2) is 34.5 Å². The van der Waals surface area contributed by atoms with E-state index in [-0.39, 0.29) is 11.2 Å². The molecule has 0 fully saturated rings. The Bertz CT molecular complexity index is 1190. The first-order valence-electron chi connectivity index (χ1n) is 7.82. The molecule has 6 heteroatoms. The number of fused-ring (bicyclic) bond motifs is 3. The number of likely N-dealkylation sites (N-methyl/N-ethyl adjacent to an activating group) is 1. The zero-order chi connectivity index (χ0) is 17.0. The van der Waals surface area contributed by atoms with E-state index in [4.69, 9.17) is 5.73 Å². The predicted molar refractivity (Wildman–Crippen MR) is 97.1 cm³/mol. The number of nitrogen functional groups attached to an aromatic ring is 1. The maximum absolute atomic E-state index is 13.0. The summed E-state index contributed by atoms with van der Waals surface area (Å²) in [5.74, 6) is 0. The number of nitrogens with zero attached hydrogens (tertiary/aromatic N) is 3. The average Bonchev–Trinajstić information content (AvgIpc) is 2.87. The van der Waals surface area contributed by atoms with Gasteiger partial charge in [0.15, 0.2) is 0 Å². The van der Waals surface area contributed by atoms with Crippen LogP contribution in [0.15, 0.2) is 46.0 Å². The summed E-state index contributed by atoms with van der Waals surface area (Å²) < 4.78 is 2.95. The van der Waals surface area contributed by atoms with E-state index in [9.17, 15) is 9.59 Å². The summed E-state index contributed by atoms with van der Waals surface area (Å²) in [6, 6.07) is 11.0. The zero-order valence-electron chi connectivity index (χ0n) is 13.6. The molecule has 2 heterocycles. The van der Waals surface area contributed by atoms with Crippen molar-refractivity contribution in [1.29, 1.82) is 0 Å². The van der Waals surface area contributed by atoms with Gasteiger partial charge in [-0.15, -0.1) is 0 Å². The van der Waals surface area contributed by atoms with E-state index in [1.807, 2.05) is 43.3 Å². The summed E-state index contributed by atoms with van der Waals surface area (Å²) >= 11 is 0. The number of hydrogen-bond donors (Lipinski definition) is 1. The molecule has 0 spiro atoms. The fraction of sp³-hybridized carbons (Fsp3) is 0.222. The van der Waals surface area contributed by atoms with E-state index in [2.05, 4.69) is 0 Å². The Kier molecular flexibility index (Phi) is 3.11. The van der Waals surface area contributed by atoms with Gasteiger partial charge in [0.05, 0.1) is 16.4 Å². The van der Waals surface area contributed by atoms with Crippen molar-refractivity contribution in [2.45, 2.75) is 6.54 Å². The molecule has 4 aromatic rings. The molecule has 2 N–H and O–H groups in total. The number of aromatic nitrogens is 2. The molecule has 0 aliphatic rings. The second kappa shape index (κ2) is 5.07. The molecule has 6 nitrogen and oxygen atoms in total. The van der Waals surface area contributed by atoms with E-state index in [0.717, 1.165) is 16.3 Å². The molecule has 4 rings (SSSR count). The molecule has 0 saturated heterocycles. The SMILES string of the molecule is CN(C)CCn1c(=O)c2cccc3c4cc(N)ccc4n(c1=O)c23. The third-order valence-electron chi connectivity index (χ3n) is 4.48. The molecule has 0 unspecified atom stereocenters. The Labute approximate surface area is 137 Å². The maximum Gasteiger partial charge on any atom is 0.336 e. The van der Waals surface area contributed by atoms with Crippen LogP contribution < -0.4 is 17.0 Å². The van der Waals surface area contributed by atoms with E-state index in [1.54, 1.807) is 16.5 Å². The molecule has 0 aliphatic heterocycles. The van der Waals surface area contributed by atoms with Crippen LogP contribution in [-0.2, 0) is 6.54 Å². The van der Waals surface area contributed by atoms with E-state index in [1.165, 1.54) is 4.57 Å². The molecule has 0 radical (unpaired) electrons. The van der Waals surface area contributed by atoms with Gasteiger partial charge in [0.2, 0.25) is 0 Å². The molecular weight excluding hydrogens is 304 g/mol. The van der Waals surface area contributed by atoms with Crippen LogP contribution in [0.4, 0.5) is 5.69 Å². The third-order valence-corrected chi connectivity index (χ3v) is 4.48. The number of para-hydroxylation sites is 1. The Morgan fingerprint density at radius 2 is 1.79 bits per heavy atom. The fourth-order valence-corrected chi connectivity index (χ4v) is 3.31. The van der Waals surface area contributed by atoms with Gasteiger partial charge in [-0.05, 0) is 38.4 Å². The molecule has 0 atom stereocenters. The smallest absolute Gasteiger partial charge is 0.336 e. The van der Waals surface area contributed by atoms with Gasteiger partial charge in [-0.25, -0.2) is 4.79 Å². The summed E-state index contributed by atoms with van der Waals surface area (Å²) in [6.45, 7) is 0.976. The standard InChI is InChI=1S/C18H18N4O2/c1-20(2)8-9-21-17(23)13-5-3-4-12-14-10-11(19)6-7-15(14)22(16(12)13)18(21)24/h3-7,10H,8-9,19H2,1-2H3. The number of benzene rings is 2. The maximum atomic E-state index is 13.0. The minimum atomic E-state index is -0.301. The highest BCUT2D eigenvalue weighted by atomic mass is 16.2. The first kappa shape index (κ1) is 14.7. The summed E-state index contributed by atoms with van der Waals surface area (Å²) in [5.41, 5.74) is 7.46. The van der Waals surface area contributed by atoms with E-state index in [0.29, 0.717) is 29.7 Å². The number of anilines is 1. The molecular formula is C18H18N4O2. The lowest BCUT2D eigenvalue weighted by molar-refractivity contribution is 0.376. The number of nitrogens with two attached hydrogens (primary N) is 1. The van der Waals surface area contributed by atoms with E-state index < -0.39 is 0 Å². The normalized spacial score (nSPS) is 12.1. The van der Waals surface area contributed by atoms with Crippen molar-refractivity contribution < 1.29 is 0 Å². The van der Waals surface area contributed by atoms with Crippen LogP contribution in [0.1, 0.15) is 0 Å². The lowest BCUT2D eigenvalue weighted by atomic mass is 10.1. The third kappa shape index (κ3) is 1.93. The molecule has 0 saturated carbocycles. The van der Waals surface area contributed by atoms with Crippen molar-refractivity contribution in [3.63, 3.8) is 0 Å². The second-order valence-corrected chi connectivity index (χ2v) is 6.36. The summed E-state index contributed by atoms with van der Waals surface area (Å²) in [7, 11) is 3.83. The summed E-state index contributed by atoms with van der Waals surface area (Å²) in [5, 5.41) is 2.33. The van der Waals surface area contributed by atoms with Crippen molar-refractivity contribution in [3.8, 4) is 0 Å². The molecule has 122 valence electrons. The van der Waals surface area contributed by atoms with E-state index >= 15 is 0 Å². The van der Waals surface area contributed by atoms with Crippen LogP contribution in [0.5, 0.6) is 0 Å². The largest absolute Gasteiger partial charge is 0.399 e. The predicted octanol–water partition coefficient (Wildman–Crippen LogP) is 1.35. The average molecular weight is 322 g/mol. The Morgan fingerprint density at radius 1 is 1.04 bits per heavy atom. The molecule has 0 aliphatic carbocycles. The highest BCUT2D eigenvalue weighted by Crippen LogP contribution is 2.30. The summed E-state index contributed by atoms with van der Waals surface area (Å²) in [4.78, 5) is 27.8. The topological polar surface area (TPSA) is 72.7 Å². The quantitative estimate of drug-likeness (QED) is 0.578. The molecule has 2 aromatic heterocycles. The van der Waals surface area contributed by atoms with Gasteiger partial charge in [-0.1, -0.05) is 12.1 Å². The summed E-state index contributed by atoms with van der Waals surface area (Å²) in [6.07, 6.45) is 0. The lowest BCUT2D eigenvalue weighted by Gasteiger charge is -2.12. The van der Waals surface area contributed by atoms with Crippen molar-refractivity contribution in [2.24, 2.45) is 0 Å². The monoisotopic (exact) mass is 322 g/mol. The van der Waals surface area contributed by atoms with Gasteiger partial charge in [-0.3, -0.25) is 13.8 Å². The number of rotatable bonds is 3. The van der Waals surface area contributed by atoms with Gasteiger partial charge in [0, 0.05) is 29.5 Å². The van der Waals surface area contributed by atoms with Crippen molar-refractivity contribution in [1.82, 2.24) is 13.9 Å². The first-order chi connectivity index (χ1) is 11.5. The fourth-order valence-electron chi connectivity index (χ4n) is 3.31. The Morgan fingerprint density at radius 3 is 2.54 bits per heavy atom. The van der Waals surface area contributed by atoms with Crippen molar-refractivity contribution >= 4 is 32.9 Å². The highest BCUT2D eigenvalue weighted by molar-refractivity contribution is 6.14. The van der Waals surface area contributed by atoms with Gasteiger partial charge in [-0.2, -0.15) is 0 Å². The van der Waals surface area contributed by atoms with Crippen LogP contribution in [0.3, 0.4) is 0 Å². The minimum absolute atomic E-state index is 0.240. The molecule has 24 heavy (non-hydrogen) atoms. The van der Waals surface area contributed by atoms with Crippen molar-refractivity contribution in [2.75, 3.05) is 26.4 Å². The first-order valence-corrected chi connectivity index (χ1v) is 7.82. The van der Waals surface area contributed by atoms with Crippen molar-refractivity contribution in [3.05, 3.63) is 57.2 Å². The molecule has 0 bridgehead atoms. The molecule has 2 aromatic carbocycles. The van der Waals surface area contributed by atoms with Crippen LogP contribution in [0.25, 0.3) is 27.2 Å². The highest BCUT2D eigenvalue weighted by Gasteiger charge is 2.18. The minimum Gasteiger partial charge on any atom is -0.399 e. The van der Waals surface area contributed by atoms with Gasteiger partial charge < -0.3 is 10.6 Å². The van der Waals surface area contributed by atoms with Crippen LogP contribution in [0, 0.1) is 0 Å². The van der Waals surface area contributed by atoms with Crippen LogP contribution in [0.2, 0.25) is 0 Å². The zero-order valence-corrected chi connectivity index (χ0v) is 13.6. The lowest BCUT2D eigenvalue weighted by Crippen LogP contribution is -2.39. The van der Waals surface area contributed by atoms with Gasteiger partial charge in [0.1, 0.15) is 0 Å². The Hall–Kier alpha value is -2.86. The van der Waals surface area contributed by atoms with Gasteiger partial charge in [0.25, 0.3) is 5.56 Å². The molecule has 0 amide bonds. The Balaban J connectivity index is 2.21.